The van der Waals surface area contributed by atoms with E-state index in [-0.39, 0.29) is 0 Å². The summed E-state index contributed by atoms with van der Waals surface area (Å²) in [6, 6.07) is 6.82. The molecular weight excluding hydrogens is 274 g/mol. The Hall–Kier alpha value is -2.08. The molecule has 0 amide bonds. The molecule has 0 aliphatic carbocycles. The van der Waals surface area contributed by atoms with Gasteiger partial charge in [0.2, 0.25) is 5.95 Å². The number of hydrogen-bond acceptors (Lipinski definition) is 4. The summed E-state index contributed by atoms with van der Waals surface area (Å²) in [5, 5.41) is 3.21. The van der Waals surface area contributed by atoms with Crippen molar-refractivity contribution in [3.8, 4) is 0 Å². The molecule has 0 fully saturated rings. The Kier molecular flexibility index (Phi) is 4.24. The normalized spacial score (nSPS) is 11.2. The van der Waals surface area contributed by atoms with Gasteiger partial charge in [-0.15, -0.1) is 6.58 Å². The van der Waals surface area contributed by atoms with Crippen molar-refractivity contribution >= 4 is 15.8 Å². The van der Waals surface area contributed by atoms with Crippen LogP contribution in [0.15, 0.2) is 54.2 Å². The van der Waals surface area contributed by atoms with Crippen molar-refractivity contribution in [3.63, 3.8) is 0 Å². The number of aromatic nitrogens is 2. The lowest BCUT2D eigenvalue weighted by molar-refractivity contribution is 0.602. The molecule has 0 saturated carbocycles. The van der Waals surface area contributed by atoms with Crippen LogP contribution in [0, 0.1) is 0 Å². The topological polar surface area (TPSA) is 64.0 Å². The minimum absolute atomic E-state index is 0.328. The van der Waals surface area contributed by atoms with E-state index in [4.69, 9.17) is 0 Å². The largest absolute Gasteiger partial charge is 0.352 e. The summed E-state index contributed by atoms with van der Waals surface area (Å²) in [7, 11) is -3.14. The second-order valence-corrected chi connectivity index (χ2v) is 6.48. The average molecular weight is 291 g/mol. The standard InChI is InChI=1S/C14H17N3O2S/c1-3-9-17-10-8-15-14(17)16-11-12-4-6-13(7-5-12)20(2,18)19/h3-8,10H,1,9,11H2,2H3,(H,15,16). The number of rotatable bonds is 6. The van der Waals surface area contributed by atoms with E-state index in [9.17, 15) is 8.42 Å². The lowest BCUT2D eigenvalue weighted by Crippen LogP contribution is -2.07. The van der Waals surface area contributed by atoms with Gasteiger partial charge in [-0.2, -0.15) is 0 Å². The van der Waals surface area contributed by atoms with E-state index in [1.807, 2.05) is 10.8 Å². The van der Waals surface area contributed by atoms with Crippen LogP contribution in [0.1, 0.15) is 5.56 Å². The second kappa shape index (κ2) is 5.92. The molecule has 20 heavy (non-hydrogen) atoms. The first kappa shape index (κ1) is 14.3. The fourth-order valence-corrected chi connectivity index (χ4v) is 2.43. The molecule has 0 aliphatic rings. The molecule has 1 aromatic carbocycles. The van der Waals surface area contributed by atoms with Gasteiger partial charge in [-0.05, 0) is 17.7 Å². The maximum absolute atomic E-state index is 11.4. The Labute approximate surface area is 118 Å². The zero-order chi connectivity index (χ0) is 14.6. The van der Waals surface area contributed by atoms with Gasteiger partial charge in [-0.1, -0.05) is 18.2 Å². The van der Waals surface area contributed by atoms with Crippen molar-refractivity contribution in [2.24, 2.45) is 0 Å². The molecule has 1 N–H and O–H groups in total. The van der Waals surface area contributed by atoms with Crippen molar-refractivity contribution in [2.45, 2.75) is 18.0 Å². The van der Waals surface area contributed by atoms with Crippen LogP contribution in [-0.4, -0.2) is 24.2 Å². The quantitative estimate of drug-likeness (QED) is 0.828. The van der Waals surface area contributed by atoms with Gasteiger partial charge in [-0.3, -0.25) is 0 Å². The minimum Gasteiger partial charge on any atom is -0.352 e. The highest BCUT2D eigenvalue weighted by atomic mass is 32.2. The van der Waals surface area contributed by atoms with Gasteiger partial charge in [0.15, 0.2) is 9.84 Å². The average Bonchev–Trinajstić information content (AvgIpc) is 2.84. The zero-order valence-electron chi connectivity index (χ0n) is 11.3. The molecule has 0 bridgehead atoms. The van der Waals surface area contributed by atoms with Crippen LogP contribution in [0.3, 0.4) is 0 Å². The van der Waals surface area contributed by atoms with E-state index >= 15 is 0 Å². The molecular formula is C14H17N3O2S. The maximum Gasteiger partial charge on any atom is 0.203 e. The molecule has 2 aromatic rings. The monoisotopic (exact) mass is 291 g/mol. The number of hydrogen-bond donors (Lipinski definition) is 1. The lowest BCUT2D eigenvalue weighted by Gasteiger charge is -2.08. The third kappa shape index (κ3) is 3.48. The fourth-order valence-electron chi connectivity index (χ4n) is 1.80. The molecule has 5 nitrogen and oxygen atoms in total. The van der Waals surface area contributed by atoms with E-state index in [1.165, 1.54) is 6.26 Å². The number of allylic oxidation sites excluding steroid dienone is 1. The van der Waals surface area contributed by atoms with Gasteiger partial charge in [0, 0.05) is 31.7 Å². The van der Waals surface area contributed by atoms with Gasteiger partial charge in [-0.25, -0.2) is 13.4 Å². The SMILES string of the molecule is C=CCn1ccnc1NCc1ccc(S(C)(=O)=O)cc1. The van der Waals surface area contributed by atoms with E-state index in [2.05, 4.69) is 16.9 Å². The van der Waals surface area contributed by atoms with Crippen LogP contribution >= 0.6 is 0 Å². The summed E-state index contributed by atoms with van der Waals surface area (Å²) in [5.41, 5.74) is 0.991. The van der Waals surface area contributed by atoms with Crippen LogP contribution < -0.4 is 5.32 Å². The van der Waals surface area contributed by atoms with Crippen molar-refractivity contribution in [2.75, 3.05) is 11.6 Å². The smallest absolute Gasteiger partial charge is 0.203 e. The summed E-state index contributed by atoms with van der Waals surface area (Å²) < 4.78 is 24.7. The third-order valence-corrected chi connectivity index (χ3v) is 3.97. The molecule has 0 unspecified atom stereocenters. The van der Waals surface area contributed by atoms with Gasteiger partial charge in [0.05, 0.1) is 4.90 Å². The van der Waals surface area contributed by atoms with E-state index in [0.717, 1.165) is 11.5 Å². The molecule has 6 heteroatoms. The number of benzene rings is 1. The Morgan fingerprint density at radius 1 is 1.35 bits per heavy atom. The molecule has 106 valence electrons. The summed E-state index contributed by atoms with van der Waals surface area (Å²) in [5.74, 6) is 0.761. The fraction of sp³-hybridized carbons (Fsp3) is 0.214. The summed E-state index contributed by atoms with van der Waals surface area (Å²) >= 11 is 0. The van der Waals surface area contributed by atoms with Crippen molar-refractivity contribution in [1.82, 2.24) is 9.55 Å². The number of sulfone groups is 1. The van der Waals surface area contributed by atoms with Gasteiger partial charge in [0.25, 0.3) is 0 Å². The number of nitrogens with one attached hydrogen (secondary N) is 1. The lowest BCUT2D eigenvalue weighted by atomic mass is 10.2. The Bertz CT molecular complexity index is 687. The number of nitrogens with zero attached hydrogens (tertiary/aromatic N) is 2. The van der Waals surface area contributed by atoms with Gasteiger partial charge < -0.3 is 9.88 Å². The van der Waals surface area contributed by atoms with Crippen LogP contribution in [0.25, 0.3) is 0 Å². The van der Waals surface area contributed by atoms with Crippen LogP contribution in [0.4, 0.5) is 5.95 Å². The Morgan fingerprint density at radius 3 is 2.65 bits per heavy atom. The summed E-state index contributed by atoms with van der Waals surface area (Å²) in [6.07, 6.45) is 6.59. The van der Waals surface area contributed by atoms with E-state index in [1.54, 1.807) is 36.5 Å². The van der Waals surface area contributed by atoms with E-state index < -0.39 is 9.84 Å². The Morgan fingerprint density at radius 2 is 2.05 bits per heavy atom. The van der Waals surface area contributed by atoms with E-state index in [0.29, 0.717) is 18.0 Å². The first-order valence-corrected chi connectivity index (χ1v) is 8.05. The molecule has 1 heterocycles. The minimum atomic E-state index is -3.14. The second-order valence-electron chi connectivity index (χ2n) is 4.46. The van der Waals surface area contributed by atoms with Gasteiger partial charge >= 0.3 is 0 Å². The summed E-state index contributed by atoms with van der Waals surface area (Å²) in [4.78, 5) is 4.54. The van der Waals surface area contributed by atoms with Crippen molar-refractivity contribution in [3.05, 3.63) is 54.9 Å². The van der Waals surface area contributed by atoms with Gasteiger partial charge in [0.1, 0.15) is 0 Å². The molecule has 0 aliphatic heterocycles. The molecule has 0 atom stereocenters. The highest BCUT2D eigenvalue weighted by Crippen LogP contribution is 2.12. The van der Waals surface area contributed by atoms with Crippen LogP contribution in [-0.2, 0) is 22.9 Å². The molecule has 0 saturated heterocycles. The molecule has 0 spiro atoms. The van der Waals surface area contributed by atoms with Crippen molar-refractivity contribution < 1.29 is 8.42 Å². The zero-order valence-corrected chi connectivity index (χ0v) is 12.1. The van der Waals surface area contributed by atoms with Crippen LogP contribution in [0.5, 0.6) is 0 Å². The molecule has 1 aromatic heterocycles. The van der Waals surface area contributed by atoms with Crippen LogP contribution in [0.2, 0.25) is 0 Å². The molecule has 2 rings (SSSR count). The first-order chi connectivity index (χ1) is 9.50. The predicted molar refractivity (Wildman–Crippen MR) is 79.3 cm³/mol. The third-order valence-electron chi connectivity index (χ3n) is 2.84. The maximum atomic E-state index is 11.4. The highest BCUT2D eigenvalue weighted by Gasteiger charge is 2.06. The van der Waals surface area contributed by atoms with Crippen molar-refractivity contribution in [1.29, 1.82) is 0 Å². The number of imidazole rings is 1. The predicted octanol–water partition coefficient (Wildman–Crippen LogP) is 2.08. The highest BCUT2D eigenvalue weighted by molar-refractivity contribution is 7.90. The Balaban J connectivity index is 2.04. The summed E-state index contributed by atoms with van der Waals surface area (Å²) in [6.45, 7) is 4.97. The molecule has 0 radical (unpaired) electrons. The number of anilines is 1. The first-order valence-electron chi connectivity index (χ1n) is 6.15.